The Kier molecular flexibility index (Phi) is 5.68. The number of ether oxygens (including phenoxy) is 1. The lowest BCUT2D eigenvalue weighted by Gasteiger charge is -2.40. The summed E-state index contributed by atoms with van der Waals surface area (Å²) in [6.45, 7) is 4.31. The molecule has 1 aromatic rings. The molecular formula is C19H28N2O2. The Morgan fingerprint density at radius 3 is 2.30 bits per heavy atom. The predicted molar refractivity (Wildman–Crippen MR) is 91.1 cm³/mol. The van der Waals surface area contributed by atoms with Crippen LogP contribution in [-0.2, 0) is 9.53 Å². The molecule has 1 atom stereocenters. The Bertz CT molecular complexity index is 491. The number of rotatable bonds is 4. The second-order valence-electron chi connectivity index (χ2n) is 6.80. The Morgan fingerprint density at radius 1 is 1.09 bits per heavy atom. The van der Waals surface area contributed by atoms with Crippen LogP contribution in [0.1, 0.15) is 37.3 Å². The third kappa shape index (κ3) is 3.93. The van der Waals surface area contributed by atoms with Crippen LogP contribution in [0.2, 0.25) is 0 Å². The van der Waals surface area contributed by atoms with Gasteiger partial charge in [-0.25, -0.2) is 4.79 Å². The van der Waals surface area contributed by atoms with Crippen molar-refractivity contribution in [1.29, 1.82) is 0 Å². The quantitative estimate of drug-likeness (QED) is 0.867. The number of nitrogens with one attached hydrogen (secondary N) is 1. The SMILES string of the molecule is COC(=O)C(c1ccccc1)N1CCC(C2CCNCC2)CC1. The summed E-state index contributed by atoms with van der Waals surface area (Å²) in [5.41, 5.74) is 1.04. The minimum Gasteiger partial charge on any atom is -0.468 e. The number of carbonyl (C=O) groups is 1. The molecule has 4 heteroatoms. The highest BCUT2D eigenvalue weighted by atomic mass is 16.5. The summed E-state index contributed by atoms with van der Waals surface area (Å²) in [4.78, 5) is 14.6. The maximum Gasteiger partial charge on any atom is 0.327 e. The van der Waals surface area contributed by atoms with Gasteiger partial charge in [-0.2, -0.15) is 0 Å². The van der Waals surface area contributed by atoms with Crippen molar-refractivity contribution in [2.24, 2.45) is 11.8 Å². The lowest BCUT2D eigenvalue weighted by atomic mass is 9.79. The van der Waals surface area contributed by atoms with E-state index >= 15 is 0 Å². The van der Waals surface area contributed by atoms with Gasteiger partial charge in [-0.15, -0.1) is 0 Å². The molecular weight excluding hydrogens is 288 g/mol. The zero-order chi connectivity index (χ0) is 16.1. The summed E-state index contributed by atoms with van der Waals surface area (Å²) >= 11 is 0. The zero-order valence-electron chi connectivity index (χ0n) is 14.0. The first-order valence-electron chi connectivity index (χ1n) is 8.87. The number of hydrogen-bond acceptors (Lipinski definition) is 4. The van der Waals surface area contributed by atoms with Crippen molar-refractivity contribution in [2.75, 3.05) is 33.3 Å². The molecule has 1 N–H and O–H groups in total. The number of benzene rings is 1. The molecule has 1 unspecified atom stereocenters. The molecule has 0 amide bonds. The first-order chi connectivity index (χ1) is 11.3. The van der Waals surface area contributed by atoms with Gasteiger partial charge in [0.25, 0.3) is 0 Å². The smallest absolute Gasteiger partial charge is 0.327 e. The number of carbonyl (C=O) groups excluding carboxylic acids is 1. The minimum atomic E-state index is -0.254. The highest BCUT2D eigenvalue weighted by molar-refractivity contribution is 5.77. The Morgan fingerprint density at radius 2 is 1.70 bits per heavy atom. The number of likely N-dealkylation sites (tertiary alicyclic amines) is 1. The summed E-state index contributed by atoms with van der Waals surface area (Å²) in [7, 11) is 1.49. The Balaban J connectivity index is 1.64. The van der Waals surface area contributed by atoms with Crippen molar-refractivity contribution in [3.8, 4) is 0 Å². The number of nitrogens with zero attached hydrogens (tertiary/aromatic N) is 1. The van der Waals surface area contributed by atoms with E-state index in [1.807, 2.05) is 30.3 Å². The van der Waals surface area contributed by atoms with Crippen LogP contribution < -0.4 is 5.32 Å². The van der Waals surface area contributed by atoms with Crippen LogP contribution >= 0.6 is 0 Å². The molecule has 0 spiro atoms. The Labute approximate surface area is 139 Å². The Hall–Kier alpha value is -1.39. The molecule has 126 valence electrons. The normalized spacial score (nSPS) is 22.7. The molecule has 0 saturated carbocycles. The summed E-state index contributed by atoms with van der Waals surface area (Å²) < 4.78 is 5.07. The standard InChI is InChI=1S/C19H28N2O2/c1-23-19(22)18(17-5-3-2-4-6-17)21-13-9-16(10-14-21)15-7-11-20-12-8-15/h2-6,15-16,18,20H,7-14H2,1H3. The summed E-state index contributed by atoms with van der Waals surface area (Å²) in [6.07, 6.45) is 5.02. The maximum absolute atomic E-state index is 12.3. The molecule has 1 aromatic carbocycles. The first-order valence-corrected chi connectivity index (χ1v) is 8.87. The highest BCUT2D eigenvalue weighted by Crippen LogP contribution is 2.34. The van der Waals surface area contributed by atoms with E-state index in [1.54, 1.807) is 0 Å². The van der Waals surface area contributed by atoms with E-state index in [9.17, 15) is 4.79 Å². The molecule has 3 rings (SSSR count). The molecule has 2 fully saturated rings. The second kappa shape index (κ2) is 7.93. The fourth-order valence-electron chi connectivity index (χ4n) is 4.21. The predicted octanol–water partition coefficient (Wildman–Crippen LogP) is 2.61. The van der Waals surface area contributed by atoms with E-state index in [2.05, 4.69) is 10.2 Å². The lowest BCUT2D eigenvalue weighted by molar-refractivity contribution is -0.148. The van der Waals surface area contributed by atoms with Gasteiger partial charge in [0, 0.05) is 0 Å². The molecule has 4 nitrogen and oxygen atoms in total. The van der Waals surface area contributed by atoms with Gasteiger partial charge in [-0.05, 0) is 69.3 Å². The lowest BCUT2D eigenvalue weighted by Crippen LogP contribution is -2.43. The fraction of sp³-hybridized carbons (Fsp3) is 0.632. The van der Waals surface area contributed by atoms with Gasteiger partial charge in [0.15, 0.2) is 0 Å². The van der Waals surface area contributed by atoms with Crippen LogP contribution in [0.15, 0.2) is 30.3 Å². The number of methoxy groups -OCH3 is 1. The number of esters is 1. The molecule has 0 bridgehead atoms. The summed E-state index contributed by atoms with van der Waals surface area (Å²) in [5, 5.41) is 3.45. The van der Waals surface area contributed by atoms with Crippen LogP contribution in [-0.4, -0.2) is 44.2 Å². The third-order valence-electron chi connectivity index (χ3n) is 5.53. The van der Waals surface area contributed by atoms with Crippen LogP contribution in [0.5, 0.6) is 0 Å². The van der Waals surface area contributed by atoms with Crippen molar-refractivity contribution in [3.05, 3.63) is 35.9 Å². The molecule has 2 heterocycles. The average Bonchev–Trinajstić information content (AvgIpc) is 2.64. The van der Waals surface area contributed by atoms with Crippen molar-refractivity contribution in [2.45, 2.75) is 31.7 Å². The van der Waals surface area contributed by atoms with Crippen LogP contribution in [0, 0.1) is 11.8 Å². The van der Waals surface area contributed by atoms with Gasteiger partial charge >= 0.3 is 5.97 Å². The molecule has 2 aliphatic rings. The molecule has 0 aliphatic carbocycles. The van der Waals surface area contributed by atoms with Gasteiger partial charge in [-0.3, -0.25) is 4.90 Å². The fourth-order valence-corrected chi connectivity index (χ4v) is 4.21. The van der Waals surface area contributed by atoms with E-state index in [4.69, 9.17) is 4.74 Å². The van der Waals surface area contributed by atoms with E-state index in [0.717, 1.165) is 30.5 Å². The van der Waals surface area contributed by atoms with Crippen molar-refractivity contribution < 1.29 is 9.53 Å². The second-order valence-corrected chi connectivity index (χ2v) is 6.80. The van der Waals surface area contributed by atoms with Crippen molar-refractivity contribution in [1.82, 2.24) is 10.2 Å². The number of hydrogen-bond donors (Lipinski definition) is 1. The van der Waals surface area contributed by atoms with Crippen LogP contribution in [0.25, 0.3) is 0 Å². The van der Waals surface area contributed by atoms with Gasteiger partial charge in [0.05, 0.1) is 7.11 Å². The molecule has 0 radical (unpaired) electrons. The topological polar surface area (TPSA) is 41.6 Å². The van der Waals surface area contributed by atoms with E-state index in [1.165, 1.54) is 45.9 Å². The molecule has 0 aromatic heterocycles. The summed E-state index contributed by atoms with van der Waals surface area (Å²) in [6, 6.07) is 9.78. The maximum atomic E-state index is 12.3. The average molecular weight is 316 g/mol. The molecule has 23 heavy (non-hydrogen) atoms. The van der Waals surface area contributed by atoms with Gasteiger partial charge in [-0.1, -0.05) is 30.3 Å². The zero-order valence-corrected chi connectivity index (χ0v) is 14.0. The van der Waals surface area contributed by atoms with Gasteiger partial charge in [0.1, 0.15) is 6.04 Å². The third-order valence-corrected chi connectivity index (χ3v) is 5.53. The first kappa shape index (κ1) is 16.5. The van der Waals surface area contributed by atoms with E-state index < -0.39 is 0 Å². The monoisotopic (exact) mass is 316 g/mol. The largest absolute Gasteiger partial charge is 0.468 e. The van der Waals surface area contributed by atoms with Crippen molar-refractivity contribution >= 4 is 5.97 Å². The number of piperidine rings is 2. The molecule has 2 aliphatic heterocycles. The van der Waals surface area contributed by atoms with Gasteiger partial charge < -0.3 is 10.1 Å². The van der Waals surface area contributed by atoms with Crippen molar-refractivity contribution in [3.63, 3.8) is 0 Å². The molecule has 2 saturated heterocycles. The van der Waals surface area contributed by atoms with Crippen LogP contribution in [0.4, 0.5) is 0 Å². The summed E-state index contributed by atoms with van der Waals surface area (Å²) in [5.74, 6) is 1.55. The minimum absolute atomic E-state index is 0.142. The van der Waals surface area contributed by atoms with E-state index in [0.29, 0.717) is 0 Å². The van der Waals surface area contributed by atoms with E-state index in [-0.39, 0.29) is 12.0 Å². The highest BCUT2D eigenvalue weighted by Gasteiger charge is 2.34. The van der Waals surface area contributed by atoms with Gasteiger partial charge in [0.2, 0.25) is 0 Å². The van der Waals surface area contributed by atoms with Crippen LogP contribution in [0.3, 0.4) is 0 Å².